The molecule has 163 valence electrons. The van der Waals surface area contributed by atoms with Gasteiger partial charge in [0.05, 0.1) is 17.0 Å². The molecule has 1 aliphatic rings. The molecule has 32 heavy (non-hydrogen) atoms. The molecule has 1 aliphatic heterocycles. The zero-order chi connectivity index (χ0) is 23.0. The molecule has 2 atom stereocenters. The lowest BCUT2D eigenvalue weighted by Crippen LogP contribution is -2.47. The lowest BCUT2D eigenvalue weighted by Gasteiger charge is -2.42. The van der Waals surface area contributed by atoms with Gasteiger partial charge < -0.3 is 16.0 Å². The van der Waals surface area contributed by atoms with Crippen molar-refractivity contribution in [2.75, 3.05) is 24.3 Å². The molecule has 6 heteroatoms. The summed E-state index contributed by atoms with van der Waals surface area (Å²) in [6.07, 6.45) is 2.33. The van der Waals surface area contributed by atoms with E-state index >= 15 is 0 Å². The van der Waals surface area contributed by atoms with E-state index in [1.807, 2.05) is 45.5 Å². The van der Waals surface area contributed by atoms with Crippen LogP contribution in [0.5, 0.6) is 0 Å². The summed E-state index contributed by atoms with van der Waals surface area (Å²) in [5.41, 5.74) is 10.9. The summed E-state index contributed by atoms with van der Waals surface area (Å²) < 4.78 is 0. The summed E-state index contributed by atoms with van der Waals surface area (Å²) in [6, 6.07) is 19.3. The van der Waals surface area contributed by atoms with Crippen LogP contribution < -0.4 is 16.0 Å². The van der Waals surface area contributed by atoms with Crippen LogP contribution >= 0.6 is 11.6 Å². The van der Waals surface area contributed by atoms with Crippen molar-refractivity contribution in [2.24, 2.45) is 11.1 Å². The van der Waals surface area contributed by atoms with Gasteiger partial charge in [0.2, 0.25) is 12.2 Å². The fourth-order valence-corrected chi connectivity index (χ4v) is 4.63. The summed E-state index contributed by atoms with van der Waals surface area (Å²) in [5, 5.41) is 3.83. The van der Waals surface area contributed by atoms with Gasteiger partial charge in [0.1, 0.15) is 0 Å². The first-order valence-corrected chi connectivity index (χ1v) is 10.8. The largest absolute Gasteiger partial charge is 0.378 e. The van der Waals surface area contributed by atoms with Crippen molar-refractivity contribution in [3.63, 3.8) is 0 Å². The molecule has 1 amide bonds. The number of hydrogen-bond acceptors (Lipinski definition) is 4. The summed E-state index contributed by atoms with van der Waals surface area (Å²) in [5.74, 6) is -0.419. The predicted molar refractivity (Wildman–Crippen MR) is 130 cm³/mol. The monoisotopic (exact) mass is 446 g/mol. The number of carbonyl (C=O) groups is 1. The van der Waals surface area contributed by atoms with Crippen molar-refractivity contribution >= 4 is 35.2 Å². The highest BCUT2D eigenvalue weighted by Gasteiger charge is 2.45. The van der Waals surface area contributed by atoms with Gasteiger partial charge in [-0.2, -0.15) is 0 Å². The van der Waals surface area contributed by atoms with Crippen LogP contribution in [0.3, 0.4) is 0 Å². The standard InChI is InChI=1S/C26H25ClN3O2/c1-26(25(28)32)14-19-12-21(27)13-20(15-31)23(19)29-24(26)18-6-4-5-17(11-18)16-7-9-22(10-8-16)30(2)3/h4-13,24,29H,14H2,1-3H3,(H2,28,32). The van der Waals surface area contributed by atoms with Crippen molar-refractivity contribution < 1.29 is 9.59 Å². The summed E-state index contributed by atoms with van der Waals surface area (Å²) in [4.78, 5) is 26.2. The molecular weight excluding hydrogens is 422 g/mol. The quantitative estimate of drug-likeness (QED) is 0.594. The zero-order valence-corrected chi connectivity index (χ0v) is 19.0. The Balaban J connectivity index is 1.78. The second kappa shape index (κ2) is 8.32. The minimum atomic E-state index is -0.911. The first kappa shape index (κ1) is 21.9. The van der Waals surface area contributed by atoms with Gasteiger partial charge >= 0.3 is 0 Å². The number of nitrogens with one attached hydrogen (secondary N) is 1. The number of rotatable bonds is 5. The first-order chi connectivity index (χ1) is 15.2. The number of nitrogens with zero attached hydrogens (tertiary/aromatic N) is 1. The third-order valence-corrected chi connectivity index (χ3v) is 6.50. The van der Waals surface area contributed by atoms with Crippen molar-refractivity contribution in [3.05, 3.63) is 82.4 Å². The Morgan fingerprint density at radius 2 is 1.84 bits per heavy atom. The number of benzene rings is 3. The highest BCUT2D eigenvalue weighted by molar-refractivity contribution is 6.31. The number of carbonyl (C=O) groups excluding carboxylic acids is 2. The predicted octanol–water partition coefficient (Wildman–Crippen LogP) is 4.73. The van der Waals surface area contributed by atoms with E-state index in [1.165, 1.54) is 0 Å². The Bertz CT molecular complexity index is 1190. The lowest BCUT2D eigenvalue weighted by atomic mass is 9.70. The Morgan fingerprint density at radius 3 is 2.47 bits per heavy atom. The Labute approximate surface area is 193 Å². The van der Waals surface area contributed by atoms with Crippen LogP contribution in [-0.4, -0.2) is 26.3 Å². The van der Waals surface area contributed by atoms with Gasteiger partial charge in [-0.3, -0.25) is 9.59 Å². The fourth-order valence-electron chi connectivity index (χ4n) is 4.39. The average Bonchev–Trinajstić information content (AvgIpc) is 2.78. The maximum Gasteiger partial charge on any atom is 0.235 e. The molecule has 0 saturated carbocycles. The van der Waals surface area contributed by atoms with Gasteiger partial charge in [0, 0.05) is 30.5 Å². The molecule has 3 N–H and O–H groups in total. The molecule has 2 unspecified atom stereocenters. The van der Waals surface area contributed by atoms with Gasteiger partial charge in [-0.15, -0.1) is 0 Å². The Kier molecular flexibility index (Phi) is 5.70. The van der Waals surface area contributed by atoms with Crippen LogP contribution in [0, 0.1) is 5.41 Å². The highest BCUT2D eigenvalue weighted by Crippen LogP contribution is 2.47. The molecule has 3 aromatic rings. The maximum absolute atomic E-state index is 12.6. The molecule has 0 saturated heterocycles. The number of hydrogen-bond donors (Lipinski definition) is 2. The molecule has 1 radical (unpaired) electrons. The van der Waals surface area contributed by atoms with Gasteiger partial charge in [-0.25, -0.2) is 0 Å². The normalized spacial score (nSPS) is 19.6. The van der Waals surface area contributed by atoms with E-state index in [9.17, 15) is 9.59 Å². The molecule has 0 spiro atoms. The van der Waals surface area contributed by atoms with Crippen LogP contribution in [0.4, 0.5) is 11.4 Å². The average molecular weight is 447 g/mol. The van der Waals surface area contributed by atoms with E-state index in [0.717, 1.165) is 27.9 Å². The van der Waals surface area contributed by atoms with E-state index < -0.39 is 17.4 Å². The molecule has 1 heterocycles. The van der Waals surface area contributed by atoms with Crippen LogP contribution in [-0.2, 0) is 16.0 Å². The SMILES string of the molecule is CN(C)c1ccc(-c2cccc(C3Nc4c([C]=O)cc(Cl)cc4CC3(C)C(N)=O)c2)cc1. The molecule has 0 bridgehead atoms. The second-order valence-corrected chi connectivity index (χ2v) is 9.13. The molecule has 3 aromatic carbocycles. The third-order valence-electron chi connectivity index (χ3n) is 6.28. The minimum absolute atomic E-state index is 0.347. The summed E-state index contributed by atoms with van der Waals surface area (Å²) in [6.45, 7) is 1.85. The van der Waals surface area contributed by atoms with Crippen molar-refractivity contribution in [1.29, 1.82) is 0 Å². The molecular formula is C26H25ClN3O2. The van der Waals surface area contributed by atoms with Crippen LogP contribution in [0.15, 0.2) is 60.7 Å². The summed E-state index contributed by atoms with van der Waals surface area (Å²) in [7, 11) is 4.01. The number of amides is 1. The number of halogens is 1. The van der Waals surface area contributed by atoms with Crippen molar-refractivity contribution in [1.82, 2.24) is 0 Å². The van der Waals surface area contributed by atoms with Gasteiger partial charge in [0.25, 0.3) is 0 Å². The summed E-state index contributed by atoms with van der Waals surface area (Å²) >= 11 is 6.18. The first-order valence-electron chi connectivity index (χ1n) is 10.4. The maximum atomic E-state index is 12.6. The molecule has 5 nitrogen and oxygen atoms in total. The van der Waals surface area contributed by atoms with Crippen LogP contribution in [0.25, 0.3) is 11.1 Å². The molecule has 0 aromatic heterocycles. The topological polar surface area (TPSA) is 75.4 Å². The van der Waals surface area contributed by atoms with Gasteiger partial charge in [0.15, 0.2) is 0 Å². The van der Waals surface area contributed by atoms with E-state index in [-0.39, 0.29) is 0 Å². The molecule has 0 aliphatic carbocycles. The lowest BCUT2D eigenvalue weighted by molar-refractivity contribution is -0.127. The van der Waals surface area contributed by atoms with Crippen LogP contribution in [0.1, 0.15) is 29.7 Å². The van der Waals surface area contributed by atoms with E-state index in [2.05, 4.69) is 40.5 Å². The Hall–Kier alpha value is -3.31. The number of nitrogens with two attached hydrogens (primary N) is 1. The molecule has 4 rings (SSSR count). The number of fused-ring (bicyclic) bond motifs is 1. The van der Waals surface area contributed by atoms with E-state index in [1.54, 1.807) is 12.1 Å². The second-order valence-electron chi connectivity index (χ2n) is 8.69. The van der Waals surface area contributed by atoms with Crippen molar-refractivity contribution in [2.45, 2.75) is 19.4 Å². The molecule has 0 fully saturated rings. The van der Waals surface area contributed by atoms with Gasteiger partial charge in [-0.1, -0.05) is 41.9 Å². The zero-order valence-electron chi connectivity index (χ0n) is 18.3. The van der Waals surface area contributed by atoms with E-state index in [0.29, 0.717) is 22.7 Å². The minimum Gasteiger partial charge on any atom is -0.378 e. The smallest absolute Gasteiger partial charge is 0.235 e. The number of primary amides is 1. The van der Waals surface area contributed by atoms with E-state index in [4.69, 9.17) is 17.3 Å². The Morgan fingerprint density at radius 1 is 1.12 bits per heavy atom. The number of anilines is 2. The van der Waals surface area contributed by atoms with Crippen molar-refractivity contribution in [3.8, 4) is 11.1 Å². The van der Waals surface area contributed by atoms with Gasteiger partial charge in [-0.05, 0) is 65.9 Å². The fraction of sp³-hybridized carbons (Fsp3) is 0.231. The third kappa shape index (κ3) is 3.84. The highest BCUT2D eigenvalue weighted by atomic mass is 35.5. The van der Waals surface area contributed by atoms with Crippen LogP contribution in [0.2, 0.25) is 5.02 Å².